The van der Waals surface area contributed by atoms with Crippen LogP contribution >= 0.6 is 0 Å². The minimum atomic E-state index is -0.352. The number of rotatable bonds is 5. The van der Waals surface area contributed by atoms with E-state index in [4.69, 9.17) is 4.42 Å². The van der Waals surface area contributed by atoms with Crippen LogP contribution in [0, 0.1) is 6.92 Å². The van der Waals surface area contributed by atoms with Crippen molar-refractivity contribution in [3.63, 3.8) is 0 Å². The molecule has 0 atom stereocenters. The molecule has 0 radical (unpaired) electrons. The predicted molar refractivity (Wildman–Crippen MR) is 95.5 cm³/mol. The van der Waals surface area contributed by atoms with Gasteiger partial charge < -0.3 is 15.1 Å². The second kappa shape index (κ2) is 7.49. The van der Waals surface area contributed by atoms with E-state index >= 15 is 0 Å². The Hall–Kier alpha value is -3.34. The van der Waals surface area contributed by atoms with E-state index in [2.05, 4.69) is 10.6 Å². The molecule has 2 amide bonds. The molecule has 3 aromatic rings. The zero-order valence-corrected chi connectivity index (χ0v) is 13.8. The molecule has 2 N–H and O–H groups in total. The molecule has 5 heteroatoms. The molecule has 126 valence electrons. The number of hydrogen-bond acceptors (Lipinski definition) is 3. The molecule has 0 unspecified atom stereocenters. The number of hydrogen-bond donors (Lipinski definition) is 2. The Morgan fingerprint density at radius 2 is 1.76 bits per heavy atom. The number of carbonyl (C=O) groups excluding carboxylic acids is 2. The lowest BCUT2D eigenvalue weighted by Gasteiger charge is -2.10. The molecule has 0 aliphatic heterocycles. The van der Waals surface area contributed by atoms with Gasteiger partial charge in [-0.25, -0.2) is 0 Å². The molecule has 0 saturated carbocycles. The maximum absolute atomic E-state index is 12.4. The maximum Gasteiger partial charge on any atom is 0.291 e. The van der Waals surface area contributed by atoms with Crippen molar-refractivity contribution < 1.29 is 14.0 Å². The van der Waals surface area contributed by atoms with Crippen molar-refractivity contribution in [1.82, 2.24) is 5.32 Å². The van der Waals surface area contributed by atoms with Crippen LogP contribution in [0.1, 0.15) is 32.0 Å². The standard InChI is InChI=1S/C20H18N2O3/c1-14-9-10-16(19(23)21-13-15-6-3-2-4-7-15)12-17(14)22-20(24)18-8-5-11-25-18/h2-12H,13H2,1H3,(H,21,23)(H,22,24). The molecule has 0 fully saturated rings. The van der Waals surface area contributed by atoms with E-state index in [-0.39, 0.29) is 17.6 Å². The van der Waals surface area contributed by atoms with Crippen LogP contribution in [-0.4, -0.2) is 11.8 Å². The minimum absolute atomic E-state index is 0.197. The quantitative estimate of drug-likeness (QED) is 0.746. The average Bonchev–Trinajstić information content (AvgIpc) is 3.17. The highest BCUT2D eigenvalue weighted by Gasteiger charge is 2.13. The minimum Gasteiger partial charge on any atom is -0.459 e. The lowest BCUT2D eigenvalue weighted by molar-refractivity contribution is 0.0949. The Morgan fingerprint density at radius 3 is 2.48 bits per heavy atom. The van der Waals surface area contributed by atoms with E-state index < -0.39 is 0 Å². The lowest BCUT2D eigenvalue weighted by Crippen LogP contribution is -2.23. The second-order valence-electron chi connectivity index (χ2n) is 5.63. The summed E-state index contributed by atoms with van der Waals surface area (Å²) in [5, 5.41) is 5.64. The summed E-state index contributed by atoms with van der Waals surface area (Å²) in [4.78, 5) is 24.5. The van der Waals surface area contributed by atoms with Gasteiger partial charge in [-0.1, -0.05) is 36.4 Å². The maximum atomic E-state index is 12.4. The third-order valence-corrected chi connectivity index (χ3v) is 3.79. The lowest BCUT2D eigenvalue weighted by atomic mass is 10.1. The molecule has 5 nitrogen and oxygen atoms in total. The first-order valence-electron chi connectivity index (χ1n) is 7.91. The van der Waals surface area contributed by atoms with Crippen LogP contribution in [0.15, 0.2) is 71.3 Å². The smallest absolute Gasteiger partial charge is 0.291 e. The number of benzene rings is 2. The van der Waals surface area contributed by atoms with Crippen LogP contribution in [0.2, 0.25) is 0 Å². The summed E-state index contributed by atoms with van der Waals surface area (Å²) < 4.78 is 5.08. The number of carbonyl (C=O) groups is 2. The molecule has 0 aliphatic rings. The third-order valence-electron chi connectivity index (χ3n) is 3.79. The van der Waals surface area contributed by atoms with Gasteiger partial charge in [0.25, 0.3) is 11.8 Å². The van der Waals surface area contributed by atoms with Gasteiger partial charge in [0.2, 0.25) is 0 Å². The van der Waals surface area contributed by atoms with Gasteiger partial charge in [0.1, 0.15) is 0 Å². The summed E-state index contributed by atoms with van der Waals surface area (Å²) in [7, 11) is 0. The van der Waals surface area contributed by atoms with Gasteiger partial charge in [0, 0.05) is 17.8 Å². The Kier molecular flexibility index (Phi) is 4.95. The molecule has 3 rings (SSSR count). The van der Waals surface area contributed by atoms with E-state index in [0.29, 0.717) is 17.8 Å². The Balaban J connectivity index is 1.70. The molecular formula is C20H18N2O3. The van der Waals surface area contributed by atoms with Gasteiger partial charge in [0.05, 0.1) is 6.26 Å². The van der Waals surface area contributed by atoms with Gasteiger partial charge in [-0.2, -0.15) is 0 Å². The predicted octanol–water partition coefficient (Wildman–Crippen LogP) is 3.77. The van der Waals surface area contributed by atoms with Gasteiger partial charge >= 0.3 is 0 Å². The first-order valence-corrected chi connectivity index (χ1v) is 7.91. The summed E-state index contributed by atoms with van der Waals surface area (Å²) in [6.45, 7) is 2.31. The first kappa shape index (κ1) is 16.5. The fraction of sp³-hybridized carbons (Fsp3) is 0.100. The third kappa shape index (κ3) is 4.14. The van der Waals surface area contributed by atoms with Crippen LogP contribution in [0.3, 0.4) is 0 Å². The van der Waals surface area contributed by atoms with Crippen molar-refractivity contribution in [2.24, 2.45) is 0 Å². The molecule has 25 heavy (non-hydrogen) atoms. The molecule has 2 aromatic carbocycles. The SMILES string of the molecule is Cc1ccc(C(=O)NCc2ccccc2)cc1NC(=O)c1ccco1. The molecule has 0 aliphatic carbocycles. The molecular weight excluding hydrogens is 316 g/mol. The highest BCUT2D eigenvalue weighted by molar-refractivity contribution is 6.03. The number of aryl methyl sites for hydroxylation is 1. The highest BCUT2D eigenvalue weighted by atomic mass is 16.3. The van der Waals surface area contributed by atoms with Crippen LogP contribution in [0.5, 0.6) is 0 Å². The van der Waals surface area contributed by atoms with E-state index in [1.54, 1.807) is 30.3 Å². The Bertz CT molecular complexity index is 871. The van der Waals surface area contributed by atoms with E-state index in [1.807, 2.05) is 37.3 Å². The van der Waals surface area contributed by atoms with Crippen molar-refractivity contribution in [1.29, 1.82) is 0 Å². The first-order chi connectivity index (χ1) is 12.1. The highest BCUT2D eigenvalue weighted by Crippen LogP contribution is 2.18. The summed E-state index contributed by atoms with van der Waals surface area (Å²) in [5.41, 5.74) is 2.94. The summed E-state index contributed by atoms with van der Waals surface area (Å²) in [5.74, 6) is -0.328. The summed E-state index contributed by atoms with van der Waals surface area (Å²) in [6.07, 6.45) is 1.44. The Morgan fingerprint density at radius 1 is 0.960 bits per heavy atom. The summed E-state index contributed by atoms with van der Waals surface area (Å²) >= 11 is 0. The fourth-order valence-electron chi connectivity index (χ4n) is 2.37. The van der Waals surface area contributed by atoms with Crippen molar-refractivity contribution in [3.8, 4) is 0 Å². The zero-order chi connectivity index (χ0) is 17.6. The molecule has 1 aromatic heterocycles. The topological polar surface area (TPSA) is 71.3 Å². The van der Waals surface area contributed by atoms with Crippen molar-refractivity contribution >= 4 is 17.5 Å². The van der Waals surface area contributed by atoms with Crippen molar-refractivity contribution in [3.05, 3.63) is 89.4 Å². The van der Waals surface area contributed by atoms with Gasteiger partial charge in [-0.15, -0.1) is 0 Å². The van der Waals surface area contributed by atoms with Crippen molar-refractivity contribution in [2.75, 3.05) is 5.32 Å². The zero-order valence-electron chi connectivity index (χ0n) is 13.8. The number of anilines is 1. The Labute approximate surface area is 145 Å². The molecule has 0 spiro atoms. The molecule has 0 saturated heterocycles. The van der Waals surface area contributed by atoms with Crippen LogP contribution in [-0.2, 0) is 6.54 Å². The van der Waals surface area contributed by atoms with Gasteiger partial charge in [-0.05, 0) is 42.3 Å². The van der Waals surface area contributed by atoms with E-state index in [1.165, 1.54) is 6.26 Å². The number of furan rings is 1. The molecule has 0 bridgehead atoms. The number of amides is 2. The van der Waals surface area contributed by atoms with Crippen LogP contribution < -0.4 is 10.6 Å². The summed E-state index contributed by atoms with van der Waals surface area (Å²) in [6, 6.07) is 18.1. The van der Waals surface area contributed by atoms with E-state index in [9.17, 15) is 9.59 Å². The molecule has 1 heterocycles. The average molecular weight is 334 g/mol. The van der Waals surface area contributed by atoms with Crippen LogP contribution in [0.4, 0.5) is 5.69 Å². The van der Waals surface area contributed by atoms with Gasteiger partial charge in [-0.3, -0.25) is 9.59 Å². The second-order valence-corrected chi connectivity index (χ2v) is 5.63. The fourth-order valence-corrected chi connectivity index (χ4v) is 2.37. The monoisotopic (exact) mass is 334 g/mol. The largest absolute Gasteiger partial charge is 0.459 e. The van der Waals surface area contributed by atoms with Gasteiger partial charge in [0.15, 0.2) is 5.76 Å². The van der Waals surface area contributed by atoms with E-state index in [0.717, 1.165) is 11.1 Å². The normalized spacial score (nSPS) is 10.3. The van der Waals surface area contributed by atoms with Crippen LogP contribution in [0.25, 0.3) is 0 Å². The number of nitrogens with one attached hydrogen (secondary N) is 2. The van der Waals surface area contributed by atoms with Crippen molar-refractivity contribution in [2.45, 2.75) is 13.5 Å².